The summed E-state index contributed by atoms with van der Waals surface area (Å²) in [5.41, 5.74) is -0.746. The summed E-state index contributed by atoms with van der Waals surface area (Å²) in [5.74, 6) is 0. The van der Waals surface area contributed by atoms with Crippen LogP contribution in [0.1, 0.15) is 30.0 Å². The van der Waals surface area contributed by atoms with Crippen LogP contribution < -0.4 is 0 Å². The molecule has 118 valence electrons. The average Bonchev–Trinajstić information content (AvgIpc) is 2.87. The molecule has 4 nitrogen and oxygen atoms in total. The van der Waals surface area contributed by atoms with Crippen molar-refractivity contribution < 1.29 is 21.6 Å². The van der Waals surface area contributed by atoms with E-state index >= 15 is 0 Å². The summed E-state index contributed by atoms with van der Waals surface area (Å²) >= 11 is 0. The van der Waals surface area contributed by atoms with E-state index in [1.807, 2.05) is 0 Å². The zero-order valence-electron chi connectivity index (χ0n) is 11.8. The first-order chi connectivity index (χ1) is 9.65. The van der Waals surface area contributed by atoms with Gasteiger partial charge >= 0.3 is 6.18 Å². The minimum Gasteiger partial charge on any atom is -0.195 e. The number of hydrogen-bond donors (Lipinski definition) is 0. The molecule has 1 atom stereocenters. The van der Waals surface area contributed by atoms with Gasteiger partial charge in [-0.25, -0.2) is 0 Å². The van der Waals surface area contributed by atoms with Crippen LogP contribution in [0, 0.1) is 0 Å². The molecule has 0 aromatic heterocycles. The van der Waals surface area contributed by atoms with Gasteiger partial charge in [-0.05, 0) is 24.5 Å². The first kappa shape index (κ1) is 16.3. The van der Waals surface area contributed by atoms with Gasteiger partial charge in [-0.1, -0.05) is 18.2 Å². The SMILES string of the molecule is CN(C)S(=O)(=O)N1CCC[C@H]1c1ccccc1C(F)(F)F. The molecule has 2 rings (SSSR count). The molecule has 1 saturated heterocycles. The number of hydrogen-bond acceptors (Lipinski definition) is 2. The molecule has 1 aliphatic heterocycles. The van der Waals surface area contributed by atoms with Gasteiger partial charge in [-0.15, -0.1) is 0 Å². The molecule has 0 saturated carbocycles. The van der Waals surface area contributed by atoms with E-state index in [0.717, 1.165) is 14.7 Å². The van der Waals surface area contributed by atoms with Gasteiger partial charge in [-0.2, -0.15) is 30.2 Å². The summed E-state index contributed by atoms with van der Waals surface area (Å²) in [6.45, 7) is 0.234. The highest BCUT2D eigenvalue weighted by atomic mass is 32.2. The normalized spacial score (nSPS) is 21.1. The molecule has 8 heteroatoms. The predicted molar refractivity (Wildman–Crippen MR) is 72.7 cm³/mol. The first-order valence-corrected chi connectivity index (χ1v) is 7.91. The molecule has 1 heterocycles. The molecule has 21 heavy (non-hydrogen) atoms. The van der Waals surface area contributed by atoms with Crippen molar-refractivity contribution in [3.63, 3.8) is 0 Å². The summed E-state index contributed by atoms with van der Waals surface area (Å²) in [5, 5.41) is 0. The maximum atomic E-state index is 13.1. The highest BCUT2D eigenvalue weighted by Gasteiger charge is 2.41. The van der Waals surface area contributed by atoms with Crippen molar-refractivity contribution in [2.75, 3.05) is 20.6 Å². The fourth-order valence-electron chi connectivity index (χ4n) is 2.58. The Labute approximate surface area is 122 Å². The molecule has 0 radical (unpaired) electrons. The Morgan fingerprint density at radius 1 is 1.24 bits per heavy atom. The monoisotopic (exact) mass is 322 g/mol. The molecule has 0 amide bonds. The summed E-state index contributed by atoms with van der Waals surface area (Å²) in [7, 11) is -0.986. The molecule has 0 aliphatic carbocycles. The van der Waals surface area contributed by atoms with Gasteiger partial charge in [0.25, 0.3) is 10.2 Å². The second-order valence-corrected chi connectivity index (χ2v) is 7.24. The van der Waals surface area contributed by atoms with E-state index in [0.29, 0.717) is 12.8 Å². The van der Waals surface area contributed by atoms with E-state index in [1.165, 1.54) is 32.3 Å². The maximum absolute atomic E-state index is 13.1. The topological polar surface area (TPSA) is 40.6 Å². The van der Waals surface area contributed by atoms with Gasteiger partial charge in [0.1, 0.15) is 0 Å². The zero-order valence-corrected chi connectivity index (χ0v) is 12.6. The second kappa shape index (κ2) is 5.58. The van der Waals surface area contributed by atoms with E-state index < -0.39 is 28.0 Å². The van der Waals surface area contributed by atoms with Gasteiger partial charge < -0.3 is 0 Å². The van der Waals surface area contributed by atoms with Gasteiger partial charge in [0.15, 0.2) is 0 Å². The minimum absolute atomic E-state index is 0.0212. The Balaban J connectivity index is 2.47. The van der Waals surface area contributed by atoms with Gasteiger partial charge in [0, 0.05) is 20.6 Å². The van der Waals surface area contributed by atoms with Crippen LogP contribution in [0.25, 0.3) is 0 Å². The van der Waals surface area contributed by atoms with Crippen LogP contribution in [0.4, 0.5) is 13.2 Å². The highest BCUT2D eigenvalue weighted by molar-refractivity contribution is 7.86. The third kappa shape index (κ3) is 3.07. The van der Waals surface area contributed by atoms with Crippen molar-refractivity contribution in [3.8, 4) is 0 Å². The van der Waals surface area contributed by atoms with Crippen LogP contribution in [0.2, 0.25) is 0 Å². The van der Waals surface area contributed by atoms with Crippen LogP contribution in [-0.2, 0) is 16.4 Å². The average molecular weight is 322 g/mol. The number of benzene rings is 1. The van der Waals surface area contributed by atoms with Crippen molar-refractivity contribution in [2.45, 2.75) is 25.1 Å². The fraction of sp³-hybridized carbons (Fsp3) is 0.538. The molecule has 1 aromatic carbocycles. The molecule has 1 aromatic rings. The lowest BCUT2D eigenvalue weighted by molar-refractivity contribution is -0.138. The third-order valence-corrected chi connectivity index (χ3v) is 5.54. The number of alkyl halides is 3. The lowest BCUT2D eigenvalue weighted by Crippen LogP contribution is -2.39. The van der Waals surface area contributed by atoms with E-state index in [-0.39, 0.29) is 12.1 Å². The van der Waals surface area contributed by atoms with Crippen LogP contribution in [0.3, 0.4) is 0 Å². The number of rotatable bonds is 3. The molecule has 0 unspecified atom stereocenters. The molecular weight excluding hydrogens is 305 g/mol. The predicted octanol–water partition coefficient (Wildman–Crippen LogP) is 2.65. The van der Waals surface area contributed by atoms with E-state index in [4.69, 9.17) is 0 Å². The molecular formula is C13H17F3N2O2S. The molecule has 1 fully saturated rings. The zero-order chi connectivity index (χ0) is 15.8. The van der Waals surface area contributed by atoms with Gasteiger partial charge in [0.05, 0.1) is 11.6 Å². The summed E-state index contributed by atoms with van der Waals surface area (Å²) in [6.07, 6.45) is -3.56. The van der Waals surface area contributed by atoms with E-state index in [2.05, 4.69) is 0 Å². The van der Waals surface area contributed by atoms with Crippen molar-refractivity contribution in [1.82, 2.24) is 8.61 Å². The van der Waals surface area contributed by atoms with Crippen LogP contribution in [0.5, 0.6) is 0 Å². The summed E-state index contributed by atoms with van der Waals surface area (Å²) in [6, 6.07) is 4.40. The van der Waals surface area contributed by atoms with E-state index in [9.17, 15) is 21.6 Å². The van der Waals surface area contributed by atoms with Crippen LogP contribution in [-0.4, -0.2) is 37.7 Å². The standard InChI is InChI=1S/C13H17F3N2O2S/c1-17(2)21(19,20)18-9-5-8-12(18)10-6-3-4-7-11(10)13(14,15)16/h3-4,6-7,12H,5,8-9H2,1-2H3/t12-/m0/s1. The molecule has 0 N–H and O–H groups in total. The first-order valence-electron chi connectivity index (χ1n) is 6.51. The van der Waals surface area contributed by atoms with Crippen molar-refractivity contribution in [1.29, 1.82) is 0 Å². The van der Waals surface area contributed by atoms with Crippen molar-refractivity contribution in [3.05, 3.63) is 35.4 Å². The quantitative estimate of drug-likeness (QED) is 0.858. The lowest BCUT2D eigenvalue weighted by atomic mass is 9.99. The summed E-state index contributed by atoms with van der Waals surface area (Å²) < 4.78 is 66.0. The number of nitrogens with zero attached hydrogens (tertiary/aromatic N) is 2. The maximum Gasteiger partial charge on any atom is 0.416 e. The highest BCUT2D eigenvalue weighted by Crippen LogP contribution is 2.41. The largest absolute Gasteiger partial charge is 0.416 e. The third-order valence-electron chi connectivity index (χ3n) is 3.59. The Morgan fingerprint density at radius 2 is 1.86 bits per heavy atom. The van der Waals surface area contributed by atoms with Crippen molar-refractivity contribution in [2.24, 2.45) is 0 Å². The molecule has 0 bridgehead atoms. The van der Waals surface area contributed by atoms with E-state index in [1.54, 1.807) is 0 Å². The Morgan fingerprint density at radius 3 is 2.43 bits per heavy atom. The Kier molecular flexibility index (Phi) is 4.32. The number of halogens is 3. The van der Waals surface area contributed by atoms with Gasteiger partial charge in [-0.3, -0.25) is 0 Å². The van der Waals surface area contributed by atoms with Crippen LogP contribution in [0.15, 0.2) is 24.3 Å². The minimum atomic E-state index is -4.49. The van der Waals surface area contributed by atoms with Gasteiger partial charge in [0.2, 0.25) is 0 Å². The second-order valence-electron chi connectivity index (χ2n) is 5.14. The molecule has 1 aliphatic rings. The molecule has 0 spiro atoms. The Bertz CT molecular complexity index is 614. The summed E-state index contributed by atoms with van der Waals surface area (Å²) in [4.78, 5) is 0. The van der Waals surface area contributed by atoms with Crippen molar-refractivity contribution >= 4 is 10.2 Å². The fourth-order valence-corrected chi connectivity index (χ4v) is 3.90. The van der Waals surface area contributed by atoms with Crippen LogP contribution >= 0.6 is 0 Å². The smallest absolute Gasteiger partial charge is 0.195 e. The Hall–Kier alpha value is -1.12. The lowest BCUT2D eigenvalue weighted by Gasteiger charge is -2.28.